The van der Waals surface area contributed by atoms with Gasteiger partial charge < -0.3 is 10.6 Å². The first kappa shape index (κ1) is 22.3. The molecule has 0 saturated heterocycles. The summed E-state index contributed by atoms with van der Waals surface area (Å²) in [4.78, 5) is 29.6. The van der Waals surface area contributed by atoms with E-state index in [4.69, 9.17) is 0 Å². The van der Waals surface area contributed by atoms with Crippen molar-refractivity contribution in [3.63, 3.8) is 0 Å². The zero-order valence-corrected chi connectivity index (χ0v) is 19.4. The highest BCUT2D eigenvalue weighted by Gasteiger charge is 2.29. The predicted molar refractivity (Wildman–Crippen MR) is 134 cm³/mol. The molecule has 0 radical (unpaired) electrons. The summed E-state index contributed by atoms with van der Waals surface area (Å²) in [6.07, 6.45) is 3.91. The second kappa shape index (κ2) is 9.38. The molecule has 2 aromatic heterocycles. The van der Waals surface area contributed by atoms with Crippen molar-refractivity contribution in [1.82, 2.24) is 20.0 Å². The van der Waals surface area contributed by atoms with Crippen molar-refractivity contribution in [2.24, 2.45) is 4.99 Å². The summed E-state index contributed by atoms with van der Waals surface area (Å²) in [5, 5.41) is 16.9. The molecule has 1 aliphatic rings. The van der Waals surface area contributed by atoms with Crippen LogP contribution in [0.4, 0.5) is 17.2 Å². The third-order valence-electron chi connectivity index (χ3n) is 5.87. The number of benzene rings is 2. The van der Waals surface area contributed by atoms with E-state index in [1.165, 1.54) is 0 Å². The van der Waals surface area contributed by atoms with Crippen LogP contribution in [0, 0.1) is 6.92 Å². The minimum atomic E-state index is -0.467. The number of aromatic amines is 1. The number of aromatic nitrogens is 4. The fraction of sp³-hybridized carbons (Fsp3) is 0.192. The lowest BCUT2D eigenvalue weighted by Crippen LogP contribution is -2.17. The van der Waals surface area contributed by atoms with Gasteiger partial charge in [-0.05, 0) is 61.2 Å². The molecular weight excluding hydrogens is 442 g/mol. The molecule has 2 aromatic carbocycles. The van der Waals surface area contributed by atoms with Gasteiger partial charge in [-0.3, -0.25) is 19.4 Å². The number of H-pyrrole nitrogens is 1. The van der Waals surface area contributed by atoms with Crippen molar-refractivity contribution in [3.8, 4) is 0 Å². The molecule has 0 saturated carbocycles. The Balaban J connectivity index is 1.33. The number of aliphatic imine (C=N–C) groups is 1. The van der Waals surface area contributed by atoms with Crippen LogP contribution in [-0.2, 0) is 17.8 Å². The summed E-state index contributed by atoms with van der Waals surface area (Å²) in [6, 6.07) is 17.3. The Morgan fingerprint density at radius 2 is 2.03 bits per heavy atom. The zero-order valence-electron chi connectivity index (χ0n) is 19.4. The van der Waals surface area contributed by atoms with Crippen LogP contribution in [0.1, 0.15) is 45.7 Å². The van der Waals surface area contributed by atoms with Gasteiger partial charge in [-0.2, -0.15) is 10.2 Å². The Labute approximate surface area is 202 Å². The Kier molecular flexibility index (Phi) is 5.97. The van der Waals surface area contributed by atoms with Crippen LogP contribution in [0.25, 0.3) is 0 Å². The lowest BCUT2D eigenvalue weighted by atomic mass is 9.96. The van der Waals surface area contributed by atoms with Gasteiger partial charge in [0.25, 0.3) is 5.91 Å². The summed E-state index contributed by atoms with van der Waals surface area (Å²) in [7, 11) is 0. The normalized spacial score (nSPS) is 14.8. The Morgan fingerprint density at radius 3 is 2.83 bits per heavy atom. The number of fused-ring (bicyclic) bond motifs is 1. The third kappa shape index (κ3) is 4.74. The number of anilines is 2. The second-order valence-corrected chi connectivity index (χ2v) is 8.43. The fourth-order valence-corrected chi connectivity index (χ4v) is 4.23. The zero-order chi connectivity index (χ0) is 24.4. The molecule has 0 spiro atoms. The standard InChI is InChI=1S/C26H25N7O2/c1-3-33-23(11-16(2)32-33)26(35)29-19-6-4-5-17(13-19)12-18-7-8-22-20(14-18)21(25(34)30-22)15-27-24-9-10-28-31-24/h4-11,13-15,21H,3,12H2,1-2H3,(H,28,31)(H,29,35)(H,30,34). The Bertz CT molecular complexity index is 1420. The van der Waals surface area contributed by atoms with Crippen molar-refractivity contribution in [1.29, 1.82) is 0 Å². The molecule has 0 aliphatic carbocycles. The number of nitrogens with zero attached hydrogens (tertiary/aromatic N) is 4. The van der Waals surface area contributed by atoms with Crippen LogP contribution in [0.5, 0.6) is 0 Å². The van der Waals surface area contributed by atoms with E-state index in [9.17, 15) is 9.59 Å². The molecule has 4 aromatic rings. The average molecular weight is 468 g/mol. The van der Waals surface area contributed by atoms with Crippen LogP contribution in [0.3, 0.4) is 0 Å². The highest BCUT2D eigenvalue weighted by atomic mass is 16.2. The van der Waals surface area contributed by atoms with Crippen molar-refractivity contribution in [2.75, 3.05) is 10.6 Å². The van der Waals surface area contributed by atoms with E-state index < -0.39 is 5.92 Å². The van der Waals surface area contributed by atoms with Crippen LogP contribution in [0.2, 0.25) is 0 Å². The van der Waals surface area contributed by atoms with Gasteiger partial charge in [0.2, 0.25) is 5.91 Å². The average Bonchev–Trinajstić information content (AvgIpc) is 3.56. The van der Waals surface area contributed by atoms with Crippen LogP contribution in [-0.4, -0.2) is 38.0 Å². The molecule has 5 rings (SSSR count). The molecule has 1 unspecified atom stereocenters. The summed E-state index contributed by atoms with van der Waals surface area (Å²) in [6.45, 7) is 4.45. The molecule has 9 nitrogen and oxygen atoms in total. The van der Waals surface area contributed by atoms with Crippen molar-refractivity contribution in [2.45, 2.75) is 32.7 Å². The molecule has 2 amide bonds. The number of amides is 2. The minimum absolute atomic E-state index is 0.105. The van der Waals surface area contributed by atoms with Gasteiger partial charge in [-0.1, -0.05) is 24.3 Å². The van der Waals surface area contributed by atoms with E-state index in [-0.39, 0.29) is 11.8 Å². The highest BCUT2D eigenvalue weighted by molar-refractivity contribution is 6.12. The van der Waals surface area contributed by atoms with Crippen molar-refractivity contribution in [3.05, 3.63) is 88.9 Å². The van der Waals surface area contributed by atoms with Gasteiger partial charge in [0.1, 0.15) is 17.4 Å². The molecular formula is C26H25N7O2. The molecule has 3 N–H and O–H groups in total. The number of hydrogen-bond donors (Lipinski definition) is 3. The number of carbonyl (C=O) groups is 2. The Hall–Kier alpha value is -4.53. The largest absolute Gasteiger partial charge is 0.325 e. The van der Waals surface area contributed by atoms with Gasteiger partial charge in [-0.25, -0.2) is 4.99 Å². The summed E-state index contributed by atoms with van der Waals surface area (Å²) >= 11 is 0. The monoisotopic (exact) mass is 467 g/mol. The molecule has 3 heterocycles. The maximum Gasteiger partial charge on any atom is 0.273 e. The predicted octanol–water partition coefficient (Wildman–Crippen LogP) is 4.22. The van der Waals surface area contributed by atoms with Gasteiger partial charge in [0.15, 0.2) is 0 Å². The van der Waals surface area contributed by atoms with E-state index in [2.05, 4.69) is 30.9 Å². The summed E-state index contributed by atoms with van der Waals surface area (Å²) in [5.74, 6) is -0.165. The quantitative estimate of drug-likeness (QED) is 0.353. The number of nitrogens with one attached hydrogen (secondary N) is 3. The maximum absolute atomic E-state index is 12.8. The van der Waals surface area contributed by atoms with Gasteiger partial charge >= 0.3 is 0 Å². The van der Waals surface area contributed by atoms with Gasteiger partial charge in [-0.15, -0.1) is 0 Å². The first-order valence-electron chi connectivity index (χ1n) is 11.4. The summed E-state index contributed by atoms with van der Waals surface area (Å²) < 4.78 is 1.69. The minimum Gasteiger partial charge on any atom is -0.325 e. The second-order valence-electron chi connectivity index (χ2n) is 8.43. The van der Waals surface area contributed by atoms with Crippen molar-refractivity contribution >= 4 is 35.2 Å². The van der Waals surface area contributed by atoms with E-state index in [1.54, 1.807) is 29.2 Å². The molecule has 0 bridgehead atoms. The first-order valence-corrected chi connectivity index (χ1v) is 11.4. The molecule has 1 aliphatic heterocycles. The molecule has 9 heteroatoms. The number of rotatable bonds is 7. The van der Waals surface area contributed by atoms with Crippen LogP contribution < -0.4 is 10.6 Å². The highest BCUT2D eigenvalue weighted by Crippen LogP contribution is 2.33. The SMILES string of the molecule is CCn1nc(C)cc1C(=O)Nc1cccc(Cc2ccc3c(c2)C(C=Nc2ccn[nH]2)C(=O)N3)c1. The fourth-order valence-electron chi connectivity index (χ4n) is 4.23. The topological polar surface area (TPSA) is 117 Å². The number of carbonyl (C=O) groups excluding carboxylic acids is 2. The smallest absolute Gasteiger partial charge is 0.273 e. The number of hydrogen-bond acceptors (Lipinski definition) is 5. The van der Waals surface area contributed by atoms with E-state index in [0.29, 0.717) is 24.5 Å². The maximum atomic E-state index is 12.8. The van der Waals surface area contributed by atoms with E-state index >= 15 is 0 Å². The van der Waals surface area contributed by atoms with Gasteiger partial charge in [0.05, 0.1) is 11.9 Å². The van der Waals surface area contributed by atoms with Crippen LogP contribution >= 0.6 is 0 Å². The summed E-state index contributed by atoms with van der Waals surface area (Å²) in [5.41, 5.74) is 5.85. The lowest BCUT2D eigenvalue weighted by Gasteiger charge is -2.10. The van der Waals surface area contributed by atoms with E-state index in [1.807, 2.05) is 56.3 Å². The van der Waals surface area contributed by atoms with Gasteiger partial charge in [0, 0.05) is 30.2 Å². The first-order chi connectivity index (χ1) is 17.0. The molecule has 35 heavy (non-hydrogen) atoms. The number of aryl methyl sites for hydroxylation is 2. The molecule has 176 valence electrons. The molecule has 0 fully saturated rings. The Morgan fingerprint density at radius 1 is 1.17 bits per heavy atom. The molecule has 1 atom stereocenters. The third-order valence-corrected chi connectivity index (χ3v) is 5.87. The van der Waals surface area contributed by atoms with E-state index in [0.717, 1.165) is 33.8 Å². The lowest BCUT2D eigenvalue weighted by molar-refractivity contribution is -0.115. The van der Waals surface area contributed by atoms with Crippen LogP contribution in [0.15, 0.2) is 65.8 Å². The van der Waals surface area contributed by atoms with Crippen molar-refractivity contribution < 1.29 is 9.59 Å².